The van der Waals surface area contributed by atoms with E-state index in [1.165, 1.54) is 18.3 Å². The lowest BCUT2D eigenvalue weighted by atomic mass is 10.1. The quantitative estimate of drug-likeness (QED) is 0.292. The van der Waals surface area contributed by atoms with Crippen LogP contribution >= 0.6 is 0 Å². The van der Waals surface area contributed by atoms with Gasteiger partial charge >= 0.3 is 6.18 Å². The third-order valence-corrected chi connectivity index (χ3v) is 5.90. The lowest BCUT2D eigenvalue weighted by Crippen LogP contribution is -2.37. The minimum Gasteiger partial charge on any atom is -0.432 e. The van der Waals surface area contributed by atoms with Crippen molar-refractivity contribution in [2.24, 2.45) is 0 Å². The molecule has 0 atom stereocenters. The first-order valence-electron chi connectivity index (χ1n) is 10.6. The number of benzene rings is 1. The SMILES string of the molecule is O=Cc1cnc2oc3c(N4CCOCC4)nc(-c4c(F)ccc5[nH]c(C(F)(F)F)cc45)nc3c2c1. The maximum absolute atomic E-state index is 15.2. The van der Waals surface area contributed by atoms with E-state index in [9.17, 15) is 18.0 Å². The lowest BCUT2D eigenvalue weighted by Gasteiger charge is -2.27. The Morgan fingerprint density at radius 2 is 1.89 bits per heavy atom. The predicted molar refractivity (Wildman–Crippen MR) is 118 cm³/mol. The fraction of sp³-hybridized carbons (Fsp3) is 0.217. The molecule has 0 amide bonds. The summed E-state index contributed by atoms with van der Waals surface area (Å²) in [5.41, 5.74) is -0.0769. The largest absolute Gasteiger partial charge is 0.432 e. The average molecular weight is 485 g/mol. The summed E-state index contributed by atoms with van der Waals surface area (Å²) in [5.74, 6) is -0.562. The number of hydrogen-bond acceptors (Lipinski definition) is 7. The summed E-state index contributed by atoms with van der Waals surface area (Å²) in [6.07, 6.45) is -2.68. The third-order valence-electron chi connectivity index (χ3n) is 5.90. The number of aromatic nitrogens is 4. The molecule has 0 spiro atoms. The molecule has 1 fully saturated rings. The van der Waals surface area contributed by atoms with Crippen molar-refractivity contribution in [1.29, 1.82) is 0 Å². The first kappa shape index (κ1) is 21.5. The highest BCUT2D eigenvalue weighted by Gasteiger charge is 2.34. The number of anilines is 1. The number of aromatic amines is 1. The predicted octanol–water partition coefficient (Wildman–Crippen LogP) is 4.73. The molecular formula is C23H15F4N5O3. The molecule has 35 heavy (non-hydrogen) atoms. The summed E-state index contributed by atoms with van der Waals surface area (Å²) < 4.78 is 66.5. The van der Waals surface area contributed by atoms with Crippen molar-refractivity contribution < 1.29 is 31.5 Å². The number of nitrogens with zero attached hydrogens (tertiary/aromatic N) is 4. The number of hydrogen-bond donors (Lipinski definition) is 1. The minimum atomic E-state index is -4.64. The van der Waals surface area contributed by atoms with Gasteiger partial charge in [-0.25, -0.2) is 19.3 Å². The van der Waals surface area contributed by atoms with Crippen molar-refractivity contribution in [1.82, 2.24) is 19.9 Å². The van der Waals surface area contributed by atoms with Crippen LogP contribution in [0.4, 0.5) is 23.4 Å². The van der Waals surface area contributed by atoms with Gasteiger partial charge in [-0.3, -0.25) is 4.79 Å². The summed E-state index contributed by atoms with van der Waals surface area (Å²) in [6, 6.07) is 4.68. The van der Waals surface area contributed by atoms with Crippen LogP contribution in [0.5, 0.6) is 0 Å². The Balaban J connectivity index is 1.67. The molecule has 8 nitrogen and oxygen atoms in total. The first-order valence-corrected chi connectivity index (χ1v) is 10.6. The van der Waals surface area contributed by atoms with Gasteiger partial charge in [0.1, 0.15) is 17.0 Å². The van der Waals surface area contributed by atoms with Crippen LogP contribution in [0.15, 0.2) is 34.9 Å². The summed E-state index contributed by atoms with van der Waals surface area (Å²) in [6.45, 7) is 1.77. The van der Waals surface area contributed by atoms with Gasteiger partial charge in [-0.05, 0) is 24.3 Å². The maximum atomic E-state index is 15.2. The van der Waals surface area contributed by atoms with Crippen LogP contribution in [0, 0.1) is 5.82 Å². The molecule has 0 saturated carbocycles. The molecule has 1 aliphatic heterocycles. The Morgan fingerprint density at radius 1 is 1.09 bits per heavy atom. The number of morpholine rings is 1. The minimum absolute atomic E-state index is 0.0101. The highest BCUT2D eigenvalue weighted by atomic mass is 19.4. The molecule has 12 heteroatoms. The van der Waals surface area contributed by atoms with Crippen LogP contribution in [-0.2, 0) is 10.9 Å². The molecule has 178 valence electrons. The maximum Gasteiger partial charge on any atom is 0.431 e. The van der Waals surface area contributed by atoms with Crippen molar-refractivity contribution in [2.45, 2.75) is 6.18 Å². The summed E-state index contributed by atoms with van der Waals surface area (Å²) in [5, 5.41) is 0.393. The smallest absolute Gasteiger partial charge is 0.431 e. The van der Waals surface area contributed by atoms with E-state index in [0.29, 0.717) is 43.8 Å². The van der Waals surface area contributed by atoms with Crippen LogP contribution in [0.1, 0.15) is 16.1 Å². The highest BCUT2D eigenvalue weighted by molar-refractivity contribution is 6.07. The van der Waals surface area contributed by atoms with Gasteiger partial charge in [0.25, 0.3) is 0 Å². The van der Waals surface area contributed by atoms with Crippen molar-refractivity contribution >= 4 is 45.2 Å². The van der Waals surface area contributed by atoms with E-state index in [0.717, 1.165) is 12.1 Å². The first-order chi connectivity index (χ1) is 16.8. The Labute approximate surface area is 193 Å². The van der Waals surface area contributed by atoms with Gasteiger partial charge in [-0.15, -0.1) is 0 Å². The molecule has 1 saturated heterocycles. The number of rotatable bonds is 3. The number of furan rings is 1. The number of ether oxygens (including phenoxy) is 1. The zero-order valence-corrected chi connectivity index (χ0v) is 17.8. The van der Waals surface area contributed by atoms with Crippen LogP contribution in [0.25, 0.3) is 44.5 Å². The molecule has 6 rings (SSSR count). The van der Waals surface area contributed by atoms with Gasteiger partial charge in [0.15, 0.2) is 23.5 Å². The second-order valence-electron chi connectivity index (χ2n) is 8.05. The van der Waals surface area contributed by atoms with Crippen molar-refractivity contribution in [3.8, 4) is 11.4 Å². The van der Waals surface area contributed by atoms with Crippen molar-refractivity contribution in [3.63, 3.8) is 0 Å². The molecule has 1 N–H and O–H groups in total. The summed E-state index contributed by atoms with van der Waals surface area (Å²) in [4.78, 5) is 28.7. The zero-order chi connectivity index (χ0) is 24.3. The number of carbonyl (C=O) groups is 1. The number of aldehydes is 1. The van der Waals surface area contributed by atoms with Crippen molar-refractivity contribution in [3.05, 3.63) is 47.5 Å². The number of nitrogens with one attached hydrogen (secondary N) is 1. The molecule has 4 aromatic heterocycles. The number of carbonyl (C=O) groups excluding carboxylic acids is 1. The van der Waals surface area contributed by atoms with E-state index in [2.05, 4.69) is 19.9 Å². The molecule has 5 aromatic rings. The molecule has 0 unspecified atom stereocenters. The average Bonchev–Trinajstić information content (AvgIpc) is 3.45. The van der Waals surface area contributed by atoms with Gasteiger partial charge in [0.2, 0.25) is 5.71 Å². The lowest BCUT2D eigenvalue weighted by molar-refractivity contribution is -0.140. The van der Waals surface area contributed by atoms with Crippen LogP contribution in [0.2, 0.25) is 0 Å². The normalized spacial score (nSPS) is 14.9. The second kappa shape index (κ2) is 7.73. The number of pyridine rings is 1. The monoisotopic (exact) mass is 485 g/mol. The molecule has 0 aliphatic carbocycles. The fourth-order valence-corrected chi connectivity index (χ4v) is 4.25. The van der Waals surface area contributed by atoms with Gasteiger partial charge in [0.05, 0.1) is 24.2 Å². The summed E-state index contributed by atoms with van der Waals surface area (Å²) >= 11 is 0. The molecule has 0 bridgehead atoms. The Hall–Kier alpha value is -4.06. The van der Waals surface area contributed by atoms with Crippen LogP contribution in [0.3, 0.4) is 0 Å². The van der Waals surface area contributed by atoms with E-state index in [4.69, 9.17) is 9.15 Å². The van der Waals surface area contributed by atoms with E-state index in [1.54, 1.807) is 0 Å². The molecular weight excluding hydrogens is 470 g/mol. The van der Waals surface area contributed by atoms with Crippen LogP contribution < -0.4 is 4.90 Å². The van der Waals surface area contributed by atoms with E-state index >= 15 is 4.39 Å². The molecule has 1 aromatic carbocycles. The van der Waals surface area contributed by atoms with E-state index in [-0.39, 0.29) is 44.7 Å². The fourth-order valence-electron chi connectivity index (χ4n) is 4.25. The number of H-pyrrole nitrogens is 1. The van der Waals surface area contributed by atoms with Crippen LogP contribution in [-0.4, -0.2) is 52.5 Å². The molecule has 5 heterocycles. The summed E-state index contributed by atoms with van der Waals surface area (Å²) in [7, 11) is 0. The standard InChI is InChI=1S/C23H15F4N5O3/c24-14-1-2-15-12(8-16(29-15)23(25,26)27)17(14)20-30-18-13-7-11(10-33)9-28-22(13)35-19(18)21(31-20)32-3-5-34-6-4-32/h1-2,7-10,29H,3-6H2. The Kier molecular flexibility index (Phi) is 4.74. The highest BCUT2D eigenvalue weighted by Crippen LogP contribution is 2.39. The van der Waals surface area contributed by atoms with E-state index in [1.807, 2.05) is 4.90 Å². The van der Waals surface area contributed by atoms with Gasteiger partial charge in [-0.1, -0.05) is 0 Å². The number of fused-ring (bicyclic) bond motifs is 4. The van der Waals surface area contributed by atoms with Gasteiger partial charge in [-0.2, -0.15) is 13.2 Å². The molecule has 0 radical (unpaired) electrons. The van der Waals surface area contributed by atoms with Gasteiger partial charge < -0.3 is 19.0 Å². The molecule has 1 aliphatic rings. The second-order valence-corrected chi connectivity index (χ2v) is 8.05. The Bertz CT molecular complexity index is 1620. The van der Waals surface area contributed by atoms with E-state index < -0.39 is 17.7 Å². The third kappa shape index (κ3) is 3.48. The Morgan fingerprint density at radius 3 is 2.63 bits per heavy atom. The zero-order valence-electron chi connectivity index (χ0n) is 17.8. The number of halogens is 4. The van der Waals surface area contributed by atoms with Crippen molar-refractivity contribution in [2.75, 3.05) is 31.2 Å². The number of alkyl halides is 3. The topological polar surface area (TPSA) is 97.1 Å². The van der Waals surface area contributed by atoms with Gasteiger partial charge in [0, 0.05) is 35.8 Å².